The van der Waals surface area contributed by atoms with Gasteiger partial charge in [-0.15, -0.1) is 0 Å². The minimum atomic E-state index is 0.830. The fraction of sp³-hybridized carbons (Fsp3) is 1.00. The summed E-state index contributed by atoms with van der Waals surface area (Å²) < 4.78 is 1.30. The number of rotatable bonds is 3. The molecule has 0 aromatic rings. The molecule has 0 N–H and O–H groups in total. The molecular formula is C10H20IN. The summed E-state index contributed by atoms with van der Waals surface area (Å²) in [5.74, 6) is 0.954. The molecule has 0 saturated carbocycles. The normalized spacial score (nSPS) is 32.2. The molecule has 2 heteroatoms. The molecular weight excluding hydrogens is 261 g/mol. The largest absolute Gasteiger partial charge is 0.301 e. The smallest absolute Gasteiger partial charge is 0.00694 e. The van der Waals surface area contributed by atoms with Crippen LogP contribution in [0.5, 0.6) is 0 Å². The number of likely N-dealkylation sites (tertiary alicyclic amines) is 1. The first-order chi connectivity index (χ1) is 5.74. The number of alkyl halides is 1. The number of piperidine rings is 1. The van der Waals surface area contributed by atoms with Crippen LogP contribution in [-0.2, 0) is 0 Å². The Bertz CT molecular complexity index is 125. The second-order valence-corrected chi connectivity index (χ2v) is 5.14. The Morgan fingerprint density at radius 1 is 1.42 bits per heavy atom. The van der Waals surface area contributed by atoms with Crippen LogP contribution in [0.4, 0.5) is 0 Å². The predicted octanol–water partition coefficient (Wildman–Crippen LogP) is 2.93. The first-order valence-electron chi connectivity index (χ1n) is 5.04. The fourth-order valence-electron chi connectivity index (χ4n) is 2.05. The van der Waals surface area contributed by atoms with Gasteiger partial charge in [-0.25, -0.2) is 0 Å². The van der Waals surface area contributed by atoms with Crippen LogP contribution < -0.4 is 0 Å². The van der Waals surface area contributed by atoms with Crippen molar-refractivity contribution in [2.45, 2.75) is 39.2 Å². The molecule has 12 heavy (non-hydrogen) atoms. The lowest BCUT2D eigenvalue weighted by atomic mass is 9.93. The summed E-state index contributed by atoms with van der Waals surface area (Å²) in [7, 11) is 0. The molecule has 0 aromatic heterocycles. The van der Waals surface area contributed by atoms with Gasteiger partial charge in [0.05, 0.1) is 0 Å². The summed E-state index contributed by atoms with van der Waals surface area (Å²) in [5.41, 5.74) is 0. The van der Waals surface area contributed by atoms with Crippen molar-refractivity contribution in [1.82, 2.24) is 4.90 Å². The summed E-state index contributed by atoms with van der Waals surface area (Å²) >= 11 is 2.47. The maximum absolute atomic E-state index is 2.65. The Kier molecular flexibility index (Phi) is 4.87. The molecule has 0 unspecified atom stereocenters. The highest BCUT2D eigenvalue weighted by Crippen LogP contribution is 2.21. The predicted molar refractivity (Wildman–Crippen MR) is 62.9 cm³/mol. The van der Waals surface area contributed by atoms with Crippen molar-refractivity contribution in [3.63, 3.8) is 0 Å². The van der Waals surface area contributed by atoms with Crippen molar-refractivity contribution in [3.05, 3.63) is 0 Å². The molecule has 1 rings (SSSR count). The molecule has 1 aliphatic heterocycles. The van der Waals surface area contributed by atoms with Crippen LogP contribution in [0.2, 0.25) is 0 Å². The van der Waals surface area contributed by atoms with E-state index in [-0.39, 0.29) is 0 Å². The van der Waals surface area contributed by atoms with Crippen LogP contribution in [-0.4, -0.2) is 28.5 Å². The quantitative estimate of drug-likeness (QED) is 0.568. The van der Waals surface area contributed by atoms with Gasteiger partial charge in [0.1, 0.15) is 0 Å². The average molecular weight is 281 g/mol. The maximum atomic E-state index is 2.65. The van der Waals surface area contributed by atoms with Crippen molar-refractivity contribution in [3.8, 4) is 0 Å². The highest BCUT2D eigenvalue weighted by atomic mass is 127. The highest BCUT2D eigenvalue weighted by molar-refractivity contribution is 14.1. The Hall–Kier alpha value is 0.690. The van der Waals surface area contributed by atoms with Crippen molar-refractivity contribution in [2.75, 3.05) is 17.5 Å². The van der Waals surface area contributed by atoms with Crippen molar-refractivity contribution in [2.24, 2.45) is 5.92 Å². The average Bonchev–Trinajstić information content (AvgIpc) is 2.03. The lowest BCUT2D eigenvalue weighted by molar-refractivity contribution is 0.130. The maximum Gasteiger partial charge on any atom is 0.00694 e. The van der Waals surface area contributed by atoms with Gasteiger partial charge in [-0.05, 0) is 45.2 Å². The van der Waals surface area contributed by atoms with Crippen molar-refractivity contribution >= 4 is 22.6 Å². The molecule has 1 fully saturated rings. The molecule has 0 bridgehead atoms. The molecule has 72 valence electrons. The molecule has 2 atom stereocenters. The van der Waals surface area contributed by atoms with E-state index < -0.39 is 0 Å². The van der Waals surface area contributed by atoms with E-state index in [0.717, 1.165) is 12.0 Å². The van der Waals surface area contributed by atoms with Gasteiger partial charge >= 0.3 is 0 Å². The topological polar surface area (TPSA) is 3.24 Å². The van der Waals surface area contributed by atoms with Crippen LogP contribution in [0.3, 0.4) is 0 Å². The first-order valence-corrected chi connectivity index (χ1v) is 6.56. The van der Waals surface area contributed by atoms with Crippen LogP contribution in [0.15, 0.2) is 0 Å². The molecule has 1 saturated heterocycles. The summed E-state index contributed by atoms with van der Waals surface area (Å²) in [6.07, 6.45) is 4.17. The standard InChI is InChI=1S/C10H20IN/c1-9-4-7-12(6-3-5-11)10(2)8-9/h9-10H,3-8H2,1-2H3/t9-,10-/m0/s1. The number of nitrogens with zero attached hydrogens (tertiary/aromatic N) is 1. The Morgan fingerprint density at radius 3 is 2.75 bits per heavy atom. The Labute approximate surface area is 90.0 Å². The molecule has 0 aromatic carbocycles. The van der Waals surface area contributed by atoms with E-state index in [2.05, 4.69) is 41.3 Å². The summed E-state index contributed by atoms with van der Waals surface area (Å²) in [6.45, 7) is 7.41. The van der Waals surface area contributed by atoms with E-state index in [9.17, 15) is 0 Å². The lowest BCUT2D eigenvalue weighted by Crippen LogP contribution is -2.40. The summed E-state index contributed by atoms with van der Waals surface area (Å²) in [4.78, 5) is 2.65. The highest BCUT2D eigenvalue weighted by Gasteiger charge is 2.21. The van der Waals surface area contributed by atoms with Crippen LogP contribution in [0.1, 0.15) is 33.1 Å². The van der Waals surface area contributed by atoms with E-state index in [0.29, 0.717) is 0 Å². The van der Waals surface area contributed by atoms with Crippen LogP contribution in [0, 0.1) is 5.92 Å². The zero-order valence-corrected chi connectivity index (χ0v) is 10.4. The molecule has 0 amide bonds. The lowest BCUT2D eigenvalue weighted by Gasteiger charge is -2.36. The van der Waals surface area contributed by atoms with Gasteiger partial charge in [-0.2, -0.15) is 0 Å². The second kappa shape index (κ2) is 5.43. The SMILES string of the molecule is C[C@H]1CCN(CCCI)[C@@H](C)C1. The second-order valence-electron chi connectivity index (χ2n) is 4.06. The first kappa shape index (κ1) is 10.8. The number of halogens is 1. The Balaban J connectivity index is 2.25. The van der Waals surface area contributed by atoms with Crippen LogP contribution >= 0.6 is 22.6 Å². The number of hydrogen-bond donors (Lipinski definition) is 0. The van der Waals surface area contributed by atoms with Gasteiger partial charge in [0, 0.05) is 10.5 Å². The third kappa shape index (κ3) is 3.21. The van der Waals surface area contributed by atoms with Gasteiger partial charge in [0.25, 0.3) is 0 Å². The third-order valence-electron chi connectivity index (χ3n) is 2.85. The third-order valence-corrected chi connectivity index (χ3v) is 3.62. The monoisotopic (exact) mass is 281 g/mol. The van der Waals surface area contributed by atoms with Gasteiger partial charge in [-0.1, -0.05) is 29.5 Å². The molecule has 1 aliphatic rings. The Morgan fingerprint density at radius 2 is 2.17 bits per heavy atom. The van der Waals surface area contributed by atoms with E-state index in [1.54, 1.807) is 0 Å². The molecule has 1 nitrogen and oxygen atoms in total. The minimum absolute atomic E-state index is 0.830. The minimum Gasteiger partial charge on any atom is -0.301 e. The summed E-state index contributed by atoms with van der Waals surface area (Å²) in [6, 6.07) is 0.830. The van der Waals surface area contributed by atoms with E-state index in [1.807, 2.05) is 0 Å². The van der Waals surface area contributed by atoms with Crippen molar-refractivity contribution < 1.29 is 0 Å². The van der Waals surface area contributed by atoms with E-state index in [1.165, 1.54) is 36.8 Å². The van der Waals surface area contributed by atoms with Crippen molar-refractivity contribution in [1.29, 1.82) is 0 Å². The molecule has 0 spiro atoms. The van der Waals surface area contributed by atoms with Gasteiger partial charge in [-0.3, -0.25) is 0 Å². The fourth-order valence-corrected chi connectivity index (χ4v) is 2.39. The van der Waals surface area contributed by atoms with Gasteiger partial charge < -0.3 is 4.90 Å². The zero-order chi connectivity index (χ0) is 8.97. The van der Waals surface area contributed by atoms with Gasteiger partial charge in [0.15, 0.2) is 0 Å². The number of hydrogen-bond acceptors (Lipinski definition) is 1. The van der Waals surface area contributed by atoms with E-state index >= 15 is 0 Å². The zero-order valence-electron chi connectivity index (χ0n) is 8.22. The molecule has 0 aliphatic carbocycles. The van der Waals surface area contributed by atoms with Gasteiger partial charge in [0.2, 0.25) is 0 Å². The van der Waals surface area contributed by atoms with E-state index in [4.69, 9.17) is 0 Å². The van der Waals surface area contributed by atoms with Crippen LogP contribution in [0.25, 0.3) is 0 Å². The molecule has 1 heterocycles. The molecule has 0 radical (unpaired) electrons. The summed E-state index contributed by atoms with van der Waals surface area (Å²) in [5, 5.41) is 0.